The Bertz CT molecular complexity index is 752. The van der Waals surface area contributed by atoms with Crippen LogP contribution >= 0.6 is 11.8 Å². The number of hydrazone groups is 1. The van der Waals surface area contributed by atoms with Gasteiger partial charge in [0.25, 0.3) is 5.91 Å². The first-order valence-corrected chi connectivity index (χ1v) is 9.84. The Hall–Kier alpha value is -2.21. The van der Waals surface area contributed by atoms with Gasteiger partial charge in [0, 0.05) is 28.4 Å². The topological polar surface area (TPSA) is 67.2 Å². The van der Waals surface area contributed by atoms with Gasteiger partial charge >= 0.3 is 0 Å². The average molecular weight is 371 g/mol. The Balaban J connectivity index is 1.90. The molecule has 0 aliphatic heterocycles. The maximum atomic E-state index is 12.1. The first kappa shape index (κ1) is 20.1. The lowest BCUT2D eigenvalue weighted by Gasteiger charge is -2.05. The predicted molar refractivity (Wildman–Crippen MR) is 108 cm³/mol. The third-order valence-electron chi connectivity index (χ3n) is 3.79. The second-order valence-electron chi connectivity index (χ2n) is 6.31. The van der Waals surface area contributed by atoms with Crippen LogP contribution in [0.15, 0.2) is 40.6 Å². The van der Waals surface area contributed by atoms with Crippen molar-refractivity contribution in [3.8, 4) is 0 Å². The third-order valence-corrected chi connectivity index (χ3v) is 4.70. The number of aromatic nitrogens is 2. The lowest BCUT2D eigenvalue weighted by molar-refractivity contribution is 0.0954. The highest BCUT2D eigenvalue weighted by Crippen LogP contribution is 2.20. The molecule has 0 fully saturated rings. The van der Waals surface area contributed by atoms with Crippen LogP contribution in [0, 0.1) is 13.8 Å². The molecular weight excluding hydrogens is 344 g/mol. The summed E-state index contributed by atoms with van der Waals surface area (Å²) in [5.41, 5.74) is 7.24. The first-order chi connectivity index (χ1) is 12.5. The van der Waals surface area contributed by atoms with Crippen LogP contribution in [0.4, 0.5) is 0 Å². The minimum Gasteiger partial charge on any atom is -0.267 e. The van der Waals surface area contributed by atoms with Crippen molar-refractivity contribution < 1.29 is 4.79 Å². The van der Waals surface area contributed by atoms with Crippen molar-refractivity contribution in [2.75, 3.05) is 0 Å². The summed E-state index contributed by atoms with van der Waals surface area (Å²) in [4.78, 5) is 21.0. The fraction of sp³-hybridized carbons (Fsp3) is 0.400. The van der Waals surface area contributed by atoms with Crippen LogP contribution < -0.4 is 5.43 Å². The third kappa shape index (κ3) is 6.59. The summed E-state index contributed by atoms with van der Waals surface area (Å²) in [5.74, 6) is 0.580. The zero-order valence-corrected chi connectivity index (χ0v) is 16.7. The van der Waals surface area contributed by atoms with Gasteiger partial charge in [-0.25, -0.2) is 15.4 Å². The molecule has 2 rings (SSSR count). The van der Waals surface area contributed by atoms with Crippen LogP contribution in [0.5, 0.6) is 0 Å². The van der Waals surface area contributed by atoms with E-state index in [0.29, 0.717) is 5.56 Å². The molecule has 0 radical (unpaired) electrons. The van der Waals surface area contributed by atoms with Gasteiger partial charge in [0.2, 0.25) is 0 Å². The van der Waals surface area contributed by atoms with E-state index in [4.69, 9.17) is 0 Å². The summed E-state index contributed by atoms with van der Waals surface area (Å²) in [6.07, 6.45) is 3.11. The zero-order chi connectivity index (χ0) is 18.9. The molecule has 1 amide bonds. The number of hydrogen-bond acceptors (Lipinski definition) is 5. The summed E-state index contributed by atoms with van der Waals surface area (Å²) in [6.45, 7) is 8.01. The van der Waals surface area contributed by atoms with Crippen molar-refractivity contribution in [3.63, 3.8) is 0 Å². The van der Waals surface area contributed by atoms with E-state index in [0.717, 1.165) is 52.8 Å². The van der Waals surface area contributed by atoms with Gasteiger partial charge in [-0.2, -0.15) is 5.10 Å². The molecule has 2 aromatic rings. The molecule has 1 aromatic carbocycles. The summed E-state index contributed by atoms with van der Waals surface area (Å²) in [7, 11) is 0. The molecule has 0 unspecified atom stereocenters. The van der Waals surface area contributed by atoms with Crippen LogP contribution in [0.25, 0.3) is 0 Å². The summed E-state index contributed by atoms with van der Waals surface area (Å²) >= 11 is 1.59. The molecule has 1 aromatic heterocycles. The molecule has 0 aliphatic carbocycles. The number of amides is 1. The smallest absolute Gasteiger partial charge is 0.267 e. The highest BCUT2D eigenvalue weighted by molar-refractivity contribution is 7.98. The second kappa shape index (κ2) is 10.1. The minimum atomic E-state index is -0.183. The van der Waals surface area contributed by atoms with Crippen LogP contribution in [-0.2, 0) is 5.75 Å². The summed E-state index contributed by atoms with van der Waals surface area (Å²) in [6, 6.07) is 9.52. The lowest BCUT2D eigenvalue weighted by atomic mass is 10.1. The molecule has 138 valence electrons. The Morgan fingerprint density at radius 3 is 2.42 bits per heavy atom. The van der Waals surface area contributed by atoms with Crippen LogP contribution in [-0.4, -0.2) is 21.6 Å². The molecule has 0 aliphatic rings. The van der Waals surface area contributed by atoms with Crippen molar-refractivity contribution in [2.45, 2.75) is 57.9 Å². The number of nitrogens with one attached hydrogen (secondary N) is 1. The minimum absolute atomic E-state index is 0.183. The van der Waals surface area contributed by atoms with E-state index in [1.807, 2.05) is 51.1 Å². The number of carbonyl (C=O) groups is 1. The molecule has 1 heterocycles. The number of aryl methyl sites for hydroxylation is 2. The molecular formula is C20H26N4OS. The lowest BCUT2D eigenvalue weighted by Crippen LogP contribution is -2.19. The Morgan fingerprint density at radius 1 is 1.15 bits per heavy atom. The first-order valence-electron chi connectivity index (χ1n) is 8.85. The SMILES string of the molecule is CCCC/C(C)=N\NC(=O)c1ccc(CSc2nc(C)cc(C)n2)cc1. The van der Waals surface area contributed by atoms with Crippen molar-refractivity contribution in [1.29, 1.82) is 0 Å². The number of rotatable bonds is 8. The second-order valence-corrected chi connectivity index (χ2v) is 7.25. The van der Waals surface area contributed by atoms with E-state index in [-0.39, 0.29) is 5.91 Å². The molecule has 1 N–H and O–H groups in total. The standard InChI is InChI=1S/C20H26N4OS/c1-5-6-7-14(2)23-24-19(25)18-10-8-17(9-11-18)13-26-20-21-15(3)12-16(4)22-20/h8-12H,5-7,13H2,1-4H3,(H,24,25)/b23-14-. The largest absolute Gasteiger partial charge is 0.271 e. The van der Waals surface area contributed by atoms with Crippen molar-refractivity contribution in [3.05, 3.63) is 52.8 Å². The zero-order valence-electron chi connectivity index (χ0n) is 15.9. The van der Waals surface area contributed by atoms with Gasteiger partial charge in [-0.3, -0.25) is 4.79 Å². The highest BCUT2D eigenvalue weighted by atomic mass is 32.2. The van der Waals surface area contributed by atoms with Crippen molar-refractivity contribution >= 4 is 23.4 Å². The molecule has 0 saturated carbocycles. The normalized spacial score (nSPS) is 11.5. The van der Waals surface area contributed by atoms with Gasteiger partial charge in [-0.05, 0) is 57.4 Å². The van der Waals surface area contributed by atoms with Gasteiger partial charge in [0.15, 0.2) is 5.16 Å². The summed E-state index contributed by atoms with van der Waals surface area (Å²) in [5, 5.41) is 4.93. The van der Waals surface area contributed by atoms with E-state index >= 15 is 0 Å². The molecule has 5 nitrogen and oxygen atoms in total. The van der Waals surface area contributed by atoms with Crippen molar-refractivity contribution in [2.24, 2.45) is 5.10 Å². The van der Waals surface area contributed by atoms with E-state index in [1.54, 1.807) is 11.8 Å². The van der Waals surface area contributed by atoms with E-state index in [2.05, 4.69) is 27.4 Å². The van der Waals surface area contributed by atoms with Crippen LogP contribution in [0.3, 0.4) is 0 Å². The van der Waals surface area contributed by atoms with Crippen LogP contribution in [0.1, 0.15) is 60.4 Å². The number of nitrogens with zero attached hydrogens (tertiary/aromatic N) is 3. The highest BCUT2D eigenvalue weighted by Gasteiger charge is 2.06. The molecule has 0 bridgehead atoms. The Kier molecular flexibility index (Phi) is 7.78. The monoisotopic (exact) mass is 370 g/mol. The molecule has 0 saturated heterocycles. The Labute approximate surface area is 159 Å². The number of benzene rings is 1. The van der Waals surface area contributed by atoms with Crippen molar-refractivity contribution in [1.82, 2.24) is 15.4 Å². The van der Waals surface area contributed by atoms with Gasteiger partial charge in [-0.15, -0.1) is 0 Å². The number of unbranched alkanes of at least 4 members (excludes halogenated alkanes) is 1. The van der Waals surface area contributed by atoms with Gasteiger partial charge in [0.1, 0.15) is 0 Å². The number of carbonyl (C=O) groups excluding carboxylic acids is 1. The van der Waals surface area contributed by atoms with E-state index < -0.39 is 0 Å². The number of hydrogen-bond donors (Lipinski definition) is 1. The average Bonchev–Trinajstić information content (AvgIpc) is 2.62. The van der Waals surface area contributed by atoms with Crippen LogP contribution in [0.2, 0.25) is 0 Å². The predicted octanol–water partition coefficient (Wildman–Crippen LogP) is 4.68. The fourth-order valence-electron chi connectivity index (χ4n) is 2.36. The Morgan fingerprint density at radius 2 is 1.81 bits per heavy atom. The molecule has 26 heavy (non-hydrogen) atoms. The number of thioether (sulfide) groups is 1. The van der Waals surface area contributed by atoms with Gasteiger partial charge in [-0.1, -0.05) is 37.2 Å². The maximum absolute atomic E-state index is 12.1. The molecule has 0 spiro atoms. The molecule has 6 heteroatoms. The van der Waals surface area contributed by atoms with E-state index in [1.165, 1.54) is 0 Å². The summed E-state index contributed by atoms with van der Waals surface area (Å²) < 4.78 is 0. The quantitative estimate of drug-likeness (QED) is 0.317. The maximum Gasteiger partial charge on any atom is 0.271 e. The fourth-order valence-corrected chi connectivity index (χ4v) is 3.26. The molecule has 0 atom stereocenters. The van der Waals surface area contributed by atoms with E-state index in [9.17, 15) is 4.79 Å². The van der Waals surface area contributed by atoms with Gasteiger partial charge < -0.3 is 0 Å². The van der Waals surface area contributed by atoms with Gasteiger partial charge in [0.05, 0.1) is 0 Å².